The van der Waals surface area contributed by atoms with Gasteiger partial charge in [0.25, 0.3) is 0 Å². The van der Waals surface area contributed by atoms with Crippen molar-refractivity contribution in [1.82, 2.24) is 5.32 Å². The van der Waals surface area contributed by atoms with E-state index in [9.17, 15) is 9.18 Å². The number of hydrogen-bond acceptors (Lipinski definition) is 3. The molecule has 0 bridgehead atoms. The van der Waals surface area contributed by atoms with Crippen LogP contribution >= 0.6 is 0 Å². The van der Waals surface area contributed by atoms with E-state index in [0.717, 1.165) is 0 Å². The molecule has 0 spiro atoms. The Hall–Kier alpha value is -2.09. The number of rotatable bonds is 2. The summed E-state index contributed by atoms with van der Waals surface area (Å²) in [7, 11) is 0. The van der Waals surface area contributed by atoms with Crippen molar-refractivity contribution >= 4 is 11.6 Å². The molecule has 0 radical (unpaired) electrons. The van der Waals surface area contributed by atoms with Gasteiger partial charge < -0.3 is 10.6 Å². The highest BCUT2D eigenvalue weighted by Gasteiger charge is 2.18. The van der Waals surface area contributed by atoms with Gasteiger partial charge in [-0.1, -0.05) is 0 Å². The Balaban J connectivity index is 2.08. The van der Waals surface area contributed by atoms with E-state index in [1.54, 1.807) is 6.07 Å². The lowest BCUT2D eigenvalue weighted by Crippen LogP contribution is -2.42. The molecule has 0 aliphatic carbocycles. The molecule has 0 saturated carbocycles. The van der Waals surface area contributed by atoms with Crippen LogP contribution in [0.15, 0.2) is 18.2 Å². The van der Waals surface area contributed by atoms with Crippen molar-refractivity contribution in [3.8, 4) is 6.07 Å². The molecule has 1 aliphatic rings. The maximum absolute atomic E-state index is 12.9. The van der Waals surface area contributed by atoms with Crippen LogP contribution in [0.4, 0.5) is 10.1 Å². The quantitative estimate of drug-likeness (QED) is 0.811. The zero-order chi connectivity index (χ0) is 12.3. The van der Waals surface area contributed by atoms with Crippen molar-refractivity contribution in [2.24, 2.45) is 0 Å². The van der Waals surface area contributed by atoms with E-state index in [4.69, 9.17) is 5.26 Å². The van der Waals surface area contributed by atoms with Gasteiger partial charge in [-0.25, -0.2) is 4.39 Å². The minimum atomic E-state index is -0.427. The number of nitriles is 1. The molecule has 0 aromatic heterocycles. The SMILES string of the molecule is N#Cc1cc(F)ccc1NC1CCC(=O)NC1. The average molecular weight is 233 g/mol. The third-order valence-electron chi connectivity index (χ3n) is 2.73. The number of anilines is 1. The number of carbonyl (C=O) groups excluding carboxylic acids is 1. The van der Waals surface area contributed by atoms with Gasteiger partial charge in [0.05, 0.1) is 11.3 Å². The minimum absolute atomic E-state index is 0.0441. The summed E-state index contributed by atoms with van der Waals surface area (Å²) in [6, 6.07) is 6.09. The second kappa shape index (κ2) is 4.83. The standard InChI is InChI=1S/C12H12FN3O/c13-9-1-3-11(8(5-9)6-14)16-10-2-4-12(17)15-7-10/h1,3,5,10,16H,2,4,7H2,(H,15,17). The van der Waals surface area contributed by atoms with Crippen molar-refractivity contribution in [3.63, 3.8) is 0 Å². The highest BCUT2D eigenvalue weighted by Crippen LogP contribution is 2.18. The maximum Gasteiger partial charge on any atom is 0.220 e. The zero-order valence-electron chi connectivity index (χ0n) is 9.16. The summed E-state index contributed by atoms with van der Waals surface area (Å²) in [5, 5.41) is 14.8. The highest BCUT2D eigenvalue weighted by atomic mass is 19.1. The van der Waals surface area contributed by atoms with Crippen LogP contribution in [0.5, 0.6) is 0 Å². The molecule has 1 aromatic rings. The Labute approximate surface area is 98.4 Å². The minimum Gasteiger partial charge on any atom is -0.379 e. The predicted octanol–water partition coefficient (Wildman–Crippen LogP) is 1.39. The lowest BCUT2D eigenvalue weighted by molar-refractivity contribution is -0.122. The van der Waals surface area contributed by atoms with Crippen molar-refractivity contribution in [2.45, 2.75) is 18.9 Å². The third-order valence-corrected chi connectivity index (χ3v) is 2.73. The number of nitrogens with one attached hydrogen (secondary N) is 2. The lowest BCUT2D eigenvalue weighted by atomic mass is 10.1. The van der Waals surface area contributed by atoms with Gasteiger partial charge in [0, 0.05) is 19.0 Å². The first-order chi connectivity index (χ1) is 8.19. The zero-order valence-corrected chi connectivity index (χ0v) is 9.16. The smallest absolute Gasteiger partial charge is 0.220 e. The molecule has 88 valence electrons. The molecule has 1 atom stereocenters. The van der Waals surface area contributed by atoms with Gasteiger partial charge in [-0.3, -0.25) is 4.79 Å². The molecule has 1 amide bonds. The number of benzene rings is 1. The summed E-state index contributed by atoms with van der Waals surface area (Å²) in [5.74, 6) is -0.383. The van der Waals surface area contributed by atoms with Crippen molar-refractivity contribution in [3.05, 3.63) is 29.6 Å². The average Bonchev–Trinajstić information content (AvgIpc) is 2.34. The van der Waals surface area contributed by atoms with E-state index >= 15 is 0 Å². The number of hydrogen-bond donors (Lipinski definition) is 2. The number of piperidine rings is 1. The molecule has 1 saturated heterocycles. The number of nitrogens with zero attached hydrogens (tertiary/aromatic N) is 1. The fourth-order valence-corrected chi connectivity index (χ4v) is 1.81. The van der Waals surface area contributed by atoms with Crippen LogP contribution in [0, 0.1) is 17.1 Å². The third kappa shape index (κ3) is 2.72. The molecular formula is C12H12FN3O. The van der Waals surface area contributed by atoms with Crippen molar-refractivity contribution < 1.29 is 9.18 Å². The Morgan fingerprint density at radius 2 is 2.35 bits per heavy atom. The second-order valence-electron chi connectivity index (χ2n) is 3.99. The van der Waals surface area contributed by atoms with E-state index < -0.39 is 5.82 Å². The molecule has 1 aromatic carbocycles. The van der Waals surface area contributed by atoms with Crippen LogP contribution in [-0.2, 0) is 4.79 Å². The first kappa shape index (κ1) is 11.4. The van der Waals surface area contributed by atoms with Gasteiger partial charge in [0.1, 0.15) is 11.9 Å². The summed E-state index contributed by atoms with van der Waals surface area (Å²) in [5.41, 5.74) is 0.886. The van der Waals surface area contributed by atoms with Crippen LogP contribution in [0.3, 0.4) is 0 Å². The molecule has 1 unspecified atom stereocenters. The number of carbonyl (C=O) groups is 1. The summed E-state index contributed by atoms with van der Waals surface area (Å²) >= 11 is 0. The van der Waals surface area contributed by atoms with E-state index in [2.05, 4.69) is 10.6 Å². The van der Waals surface area contributed by atoms with Gasteiger partial charge in [-0.2, -0.15) is 5.26 Å². The van der Waals surface area contributed by atoms with Crippen molar-refractivity contribution in [2.75, 3.05) is 11.9 Å². The van der Waals surface area contributed by atoms with Crippen LogP contribution in [0.1, 0.15) is 18.4 Å². The van der Waals surface area contributed by atoms with Crippen LogP contribution in [0.25, 0.3) is 0 Å². The lowest BCUT2D eigenvalue weighted by Gasteiger charge is -2.24. The van der Waals surface area contributed by atoms with Gasteiger partial charge >= 0.3 is 0 Å². The molecule has 1 fully saturated rings. The van der Waals surface area contributed by atoms with Gasteiger partial charge in [0.15, 0.2) is 0 Å². The summed E-state index contributed by atoms with van der Waals surface area (Å²) in [4.78, 5) is 11.0. The first-order valence-corrected chi connectivity index (χ1v) is 5.42. The molecule has 1 heterocycles. The van der Waals surface area contributed by atoms with E-state index in [1.807, 2.05) is 6.07 Å². The highest BCUT2D eigenvalue weighted by molar-refractivity contribution is 5.77. The fourth-order valence-electron chi connectivity index (χ4n) is 1.81. The molecule has 17 heavy (non-hydrogen) atoms. The Bertz CT molecular complexity index is 471. The molecule has 2 N–H and O–H groups in total. The van der Waals surface area contributed by atoms with E-state index in [0.29, 0.717) is 25.1 Å². The van der Waals surface area contributed by atoms with Crippen molar-refractivity contribution in [1.29, 1.82) is 5.26 Å². The molecule has 5 heteroatoms. The van der Waals surface area contributed by atoms with E-state index in [1.165, 1.54) is 12.1 Å². The molecule has 4 nitrogen and oxygen atoms in total. The fraction of sp³-hybridized carbons (Fsp3) is 0.333. The Morgan fingerprint density at radius 3 is 3.00 bits per heavy atom. The molecule has 1 aliphatic heterocycles. The second-order valence-corrected chi connectivity index (χ2v) is 3.99. The molecule has 2 rings (SSSR count). The first-order valence-electron chi connectivity index (χ1n) is 5.42. The Kier molecular flexibility index (Phi) is 3.24. The summed E-state index contributed by atoms with van der Waals surface area (Å²) in [6.07, 6.45) is 1.19. The maximum atomic E-state index is 12.9. The predicted molar refractivity (Wildman–Crippen MR) is 60.8 cm³/mol. The number of halogens is 1. The summed E-state index contributed by atoms with van der Waals surface area (Å²) in [6.45, 7) is 0.529. The van der Waals surface area contributed by atoms with Gasteiger partial charge in [-0.15, -0.1) is 0 Å². The van der Waals surface area contributed by atoms with Crippen LogP contribution in [-0.4, -0.2) is 18.5 Å². The topological polar surface area (TPSA) is 64.9 Å². The van der Waals surface area contributed by atoms with E-state index in [-0.39, 0.29) is 17.5 Å². The summed E-state index contributed by atoms with van der Waals surface area (Å²) < 4.78 is 12.9. The molecular weight excluding hydrogens is 221 g/mol. The monoisotopic (exact) mass is 233 g/mol. The van der Waals surface area contributed by atoms with Crippen LogP contribution < -0.4 is 10.6 Å². The van der Waals surface area contributed by atoms with Gasteiger partial charge in [-0.05, 0) is 24.6 Å². The van der Waals surface area contributed by atoms with Crippen LogP contribution in [0.2, 0.25) is 0 Å². The normalized spacial score (nSPS) is 19.3. The largest absolute Gasteiger partial charge is 0.379 e. The number of amides is 1. The van der Waals surface area contributed by atoms with Gasteiger partial charge in [0.2, 0.25) is 5.91 Å². The Morgan fingerprint density at radius 1 is 1.53 bits per heavy atom.